The molecular weight excluding hydrogens is 365 g/mol. The summed E-state index contributed by atoms with van der Waals surface area (Å²) in [6.07, 6.45) is 3.29. The SMILES string of the molecule is CC(C)c1ccc(S(=O)(=O)NC(c2cccc(F)c2)c2nccn2C)cc1. The van der Waals surface area contributed by atoms with Crippen molar-refractivity contribution in [1.82, 2.24) is 14.3 Å². The molecule has 1 atom stereocenters. The smallest absolute Gasteiger partial charge is 0.241 e. The zero-order valence-corrected chi connectivity index (χ0v) is 16.2. The summed E-state index contributed by atoms with van der Waals surface area (Å²) < 4.78 is 44.0. The Morgan fingerprint density at radius 3 is 2.33 bits per heavy atom. The number of hydrogen-bond acceptors (Lipinski definition) is 3. The number of sulfonamides is 1. The van der Waals surface area contributed by atoms with Crippen LogP contribution in [-0.4, -0.2) is 18.0 Å². The average Bonchev–Trinajstić information content (AvgIpc) is 3.05. The van der Waals surface area contributed by atoms with Gasteiger partial charge >= 0.3 is 0 Å². The molecule has 0 radical (unpaired) electrons. The molecule has 3 aromatic rings. The van der Waals surface area contributed by atoms with Gasteiger partial charge in [0, 0.05) is 19.4 Å². The summed E-state index contributed by atoms with van der Waals surface area (Å²) in [6, 6.07) is 11.8. The van der Waals surface area contributed by atoms with Crippen molar-refractivity contribution in [2.75, 3.05) is 0 Å². The predicted molar refractivity (Wildman–Crippen MR) is 102 cm³/mol. The highest BCUT2D eigenvalue weighted by Gasteiger charge is 2.26. The van der Waals surface area contributed by atoms with E-state index in [-0.39, 0.29) is 4.90 Å². The van der Waals surface area contributed by atoms with Crippen LogP contribution in [0.5, 0.6) is 0 Å². The van der Waals surface area contributed by atoms with Gasteiger partial charge in [-0.15, -0.1) is 0 Å². The summed E-state index contributed by atoms with van der Waals surface area (Å²) in [4.78, 5) is 4.41. The Morgan fingerprint density at radius 2 is 1.78 bits per heavy atom. The summed E-state index contributed by atoms with van der Waals surface area (Å²) in [7, 11) is -2.07. The first-order valence-corrected chi connectivity index (χ1v) is 10.1. The Hall–Kier alpha value is -2.51. The van der Waals surface area contributed by atoms with Crippen LogP contribution in [0.3, 0.4) is 0 Å². The molecule has 0 saturated heterocycles. The Labute approximate surface area is 158 Å². The van der Waals surface area contributed by atoms with Crippen LogP contribution in [0.15, 0.2) is 65.8 Å². The zero-order valence-electron chi connectivity index (χ0n) is 15.4. The van der Waals surface area contributed by atoms with E-state index in [0.717, 1.165) is 5.56 Å². The molecule has 1 heterocycles. The van der Waals surface area contributed by atoms with Gasteiger partial charge in [-0.25, -0.2) is 17.8 Å². The molecule has 27 heavy (non-hydrogen) atoms. The largest absolute Gasteiger partial charge is 0.336 e. The van der Waals surface area contributed by atoms with Crippen LogP contribution in [0.2, 0.25) is 0 Å². The summed E-state index contributed by atoms with van der Waals surface area (Å²) in [5, 5.41) is 0. The molecule has 0 aliphatic carbocycles. The molecule has 0 aliphatic rings. The van der Waals surface area contributed by atoms with Crippen molar-refractivity contribution in [2.24, 2.45) is 7.05 Å². The Balaban J connectivity index is 1.99. The van der Waals surface area contributed by atoms with E-state index in [9.17, 15) is 12.8 Å². The van der Waals surface area contributed by atoms with E-state index < -0.39 is 21.9 Å². The first kappa shape index (κ1) is 19.3. The van der Waals surface area contributed by atoms with E-state index in [1.807, 2.05) is 13.8 Å². The number of nitrogens with one attached hydrogen (secondary N) is 1. The number of benzene rings is 2. The minimum absolute atomic E-state index is 0.155. The van der Waals surface area contributed by atoms with E-state index in [1.165, 1.54) is 12.1 Å². The Kier molecular flexibility index (Phi) is 5.43. The van der Waals surface area contributed by atoms with Gasteiger partial charge < -0.3 is 4.57 Å². The number of aryl methyl sites for hydroxylation is 1. The van der Waals surface area contributed by atoms with E-state index in [4.69, 9.17) is 0 Å². The fraction of sp³-hybridized carbons (Fsp3) is 0.250. The number of halogens is 1. The third-order valence-corrected chi connectivity index (χ3v) is 5.87. The van der Waals surface area contributed by atoms with Crippen LogP contribution in [0, 0.1) is 5.82 Å². The maximum Gasteiger partial charge on any atom is 0.241 e. The van der Waals surface area contributed by atoms with Gasteiger partial charge in [-0.3, -0.25) is 0 Å². The predicted octanol–water partition coefficient (Wildman–Crippen LogP) is 3.75. The number of imidazole rings is 1. The fourth-order valence-corrected chi connectivity index (χ4v) is 4.05. The highest BCUT2D eigenvalue weighted by atomic mass is 32.2. The van der Waals surface area contributed by atoms with Gasteiger partial charge in [0.1, 0.15) is 17.7 Å². The van der Waals surface area contributed by atoms with E-state index >= 15 is 0 Å². The second-order valence-corrected chi connectivity index (χ2v) is 8.44. The van der Waals surface area contributed by atoms with Crippen molar-refractivity contribution < 1.29 is 12.8 Å². The molecule has 142 valence electrons. The molecule has 7 heteroatoms. The first-order chi connectivity index (χ1) is 12.8. The van der Waals surface area contributed by atoms with Crippen molar-refractivity contribution in [3.63, 3.8) is 0 Å². The lowest BCUT2D eigenvalue weighted by molar-refractivity contribution is 0.560. The molecule has 3 rings (SSSR count). The Bertz CT molecular complexity index is 1030. The summed E-state index contributed by atoms with van der Waals surface area (Å²) in [6.45, 7) is 4.09. The van der Waals surface area contributed by atoms with E-state index in [0.29, 0.717) is 17.3 Å². The van der Waals surface area contributed by atoms with Crippen LogP contribution in [0.25, 0.3) is 0 Å². The second-order valence-electron chi connectivity index (χ2n) is 6.73. The fourth-order valence-electron chi connectivity index (χ4n) is 2.87. The third-order valence-electron chi connectivity index (χ3n) is 4.43. The quantitative estimate of drug-likeness (QED) is 0.701. The lowest BCUT2D eigenvalue weighted by Gasteiger charge is -2.19. The van der Waals surface area contributed by atoms with Gasteiger partial charge in [0.2, 0.25) is 10.0 Å². The molecule has 2 aromatic carbocycles. The topological polar surface area (TPSA) is 64.0 Å². The zero-order chi connectivity index (χ0) is 19.6. The van der Waals surface area contributed by atoms with Crippen molar-refractivity contribution in [2.45, 2.75) is 30.7 Å². The molecule has 0 spiro atoms. The Morgan fingerprint density at radius 1 is 1.07 bits per heavy atom. The molecule has 0 aliphatic heterocycles. The molecule has 0 amide bonds. The summed E-state index contributed by atoms with van der Waals surface area (Å²) >= 11 is 0. The summed E-state index contributed by atoms with van der Waals surface area (Å²) in [5.41, 5.74) is 1.53. The normalized spacial score (nSPS) is 13.1. The second kappa shape index (κ2) is 7.62. The van der Waals surface area contributed by atoms with Crippen LogP contribution < -0.4 is 4.72 Å². The lowest BCUT2D eigenvalue weighted by atomic mass is 10.0. The van der Waals surface area contributed by atoms with Crippen LogP contribution in [0.1, 0.15) is 42.8 Å². The molecule has 0 fully saturated rings. The minimum atomic E-state index is -3.83. The lowest BCUT2D eigenvalue weighted by Crippen LogP contribution is -2.31. The maximum atomic E-state index is 13.7. The van der Waals surface area contributed by atoms with Gasteiger partial charge in [-0.2, -0.15) is 4.72 Å². The number of rotatable bonds is 6. The van der Waals surface area contributed by atoms with Gasteiger partial charge in [0.25, 0.3) is 0 Å². The minimum Gasteiger partial charge on any atom is -0.336 e. The molecule has 0 saturated carbocycles. The molecule has 1 aromatic heterocycles. The number of hydrogen-bond donors (Lipinski definition) is 1. The third kappa shape index (κ3) is 4.26. The molecule has 1 N–H and O–H groups in total. The van der Waals surface area contributed by atoms with Crippen molar-refractivity contribution in [3.8, 4) is 0 Å². The van der Waals surface area contributed by atoms with Crippen molar-refractivity contribution in [3.05, 3.63) is 83.7 Å². The van der Waals surface area contributed by atoms with Gasteiger partial charge in [-0.1, -0.05) is 38.1 Å². The van der Waals surface area contributed by atoms with Gasteiger partial charge in [0.15, 0.2) is 0 Å². The van der Waals surface area contributed by atoms with Crippen LogP contribution >= 0.6 is 0 Å². The van der Waals surface area contributed by atoms with E-state index in [2.05, 4.69) is 9.71 Å². The average molecular weight is 387 g/mol. The standard InChI is InChI=1S/C20H22FN3O2S/c1-14(2)15-7-9-18(10-8-15)27(25,26)23-19(20-22-11-12-24(20)3)16-5-4-6-17(21)13-16/h4-14,19,23H,1-3H3. The number of aromatic nitrogens is 2. The van der Waals surface area contributed by atoms with E-state index in [1.54, 1.807) is 60.4 Å². The highest BCUT2D eigenvalue weighted by Crippen LogP contribution is 2.25. The molecule has 1 unspecified atom stereocenters. The first-order valence-electron chi connectivity index (χ1n) is 8.63. The monoisotopic (exact) mass is 387 g/mol. The highest BCUT2D eigenvalue weighted by molar-refractivity contribution is 7.89. The molecule has 5 nitrogen and oxygen atoms in total. The molecule has 0 bridgehead atoms. The van der Waals surface area contributed by atoms with Gasteiger partial charge in [-0.05, 0) is 41.3 Å². The van der Waals surface area contributed by atoms with Crippen LogP contribution in [-0.2, 0) is 17.1 Å². The van der Waals surface area contributed by atoms with Crippen molar-refractivity contribution in [1.29, 1.82) is 0 Å². The van der Waals surface area contributed by atoms with Crippen molar-refractivity contribution >= 4 is 10.0 Å². The van der Waals surface area contributed by atoms with Gasteiger partial charge in [0.05, 0.1) is 4.90 Å². The summed E-state index contributed by atoms with van der Waals surface area (Å²) in [5.74, 6) is 0.345. The number of nitrogens with zero attached hydrogens (tertiary/aromatic N) is 2. The maximum absolute atomic E-state index is 13.7. The van der Waals surface area contributed by atoms with Crippen LogP contribution in [0.4, 0.5) is 4.39 Å². The molecular formula is C20H22FN3O2S.